The largest absolute Gasteiger partial charge is 0.379 e. The molecule has 2 heterocycles. The number of morpholine rings is 1. The van der Waals surface area contributed by atoms with Gasteiger partial charge in [-0.25, -0.2) is 9.80 Å². The van der Waals surface area contributed by atoms with Gasteiger partial charge in [0, 0.05) is 31.7 Å². The van der Waals surface area contributed by atoms with Gasteiger partial charge in [0.05, 0.1) is 19.3 Å². The van der Waals surface area contributed by atoms with E-state index in [0.29, 0.717) is 39.3 Å². The zero-order chi connectivity index (χ0) is 16.2. The number of hydrogen-bond donors (Lipinski definition) is 2. The monoisotopic (exact) mass is 318 g/mol. The number of ether oxygens (including phenoxy) is 1. The van der Waals surface area contributed by atoms with Gasteiger partial charge in [0.15, 0.2) is 0 Å². The Kier molecular flexibility index (Phi) is 4.78. The summed E-state index contributed by atoms with van der Waals surface area (Å²) >= 11 is 0. The Morgan fingerprint density at radius 3 is 2.61 bits per heavy atom. The molecule has 124 valence electrons. The molecule has 0 aliphatic carbocycles. The van der Waals surface area contributed by atoms with Crippen molar-refractivity contribution in [3.05, 3.63) is 29.8 Å². The van der Waals surface area contributed by atoms with Crippen LogP contribution in [0, 0.1) is 6.92 Å². The SMILES string of the molecule is Cc1ccc(N2C[C@H](NC(=O)NN3CCOCC3)CC2=O)cc1. The topological polar surface area (TPSA) is 73.9 Å². The summed E-state index contributed by atoms with van der Waals surface area (Å²) in [5, 5.41) is 4.70. The molecule has 2 aliphatic heterocycles. The third-order valence-electron chi connectivity index (χ3n) is 4.08. The molecule has 7 heteroatoms. The van der Waals surface area contributed by atoms with Gasteiger partial charge in [-0.15, -0.1) is 0 Å². The highest BCUT2D eigenvalue weighted by Gasteiger charge is 2.31. The third kappa shape index (κ3) is 4.00. The van der Waals surface area contributed by atoms with Gasteiger partial charge >= 0.3 is 6.03 Å². The minimum Gasteiger partial charge on any atom is -0.379 e. The van der Waals surface area contributed by atoms with Gasteiger partial charge in [0.25, 0.3) is 0 Å². The second kappa shape index (κ2) is 6.97. The van der Waals surface area contributed by atoms with Crippen molar-refractivity contribution < 1.29 is 14.3 Å². The van der Waals surface area contributed by atoms with Gasteiger partial charge in [-0.3, -0.25) is 10.2 Å². The van der Waals surface area contributed by atoms with Crippen molar-refractivity contribution in [1.82, 2.24) is 15.8 Å². The minimum atomic E-state index is -0.268. The molecule has 0 radical (unpaired) electrons. The van der Waals surface area contributed by atoms with Gasteiger partial charge in [-0.1, -0.05) is 17.7 Å². The molecule has 3 amide bonds. The molecule has 0 aromatic heterocycles. The van der Waals surface area contributed by atoms with Crippen molar-refractivity contribution in [2.75, 3.05) is 37.7 Å². The Morgan fingerprint density at radius 1 is 1.22 bits per heavy atom. The minimum absolute atomic E-state index is 0.0329. The smallest absolute Gasteiger partial charge is 0.329 e. The van der Waals surface area contributed by atoms with Gasteiger partial charge in [0.1, 0.15) is 0 Å². The fourth-order valence-electron chi connectivity index (χ4n) is 2.81. The zero-order valence-corrected chi connectivity index (χ0v) is 13.2. The van der Waals surface area contributed by atoms with Crippen LogP contribution in [-0.2, 0) is 9.53 Å². The van der Waals surface area contributed by atoms with Crippen LogP contribution in [0.3, 0.4) is 0 Å². The molecule has 2 saturated heterocycles. The molecule has 2 aliphatic rings. The van der Waals surface area contributed by atoms with Crippen LogP contribution in [-0.4, -0.2) is 55.8 Å². The van der Waals surface area contributed by atoms with Crippen molar-refractivity contribution in [1.29, 1.82) is 0 Å². The highest BCUT2D eigenvalue weighted by Crippen LogP contribution is 2.21. The van der Waals surface area contributed by atoms with E-state index in [9.17, 15) is 9.59 Å². The Labute approximate surface area is 135 Å². The Hall–Kier alpha value is -2.12. The Balaban J connectivity index is 1.52. The summed E-state index contributed by atoms with van der Waals surface area (Å²) in [6.45, 7) is 5.08. The summed E-state index contributed by atoms with van der Waals surface area (Å²) in [5.74, 6) is 0.0329. The number of hydrogen-bond acceptors (Lipinski definition) is 4. The summed E-state index contributed by atoms with van der Waals surface area (Å²) in [6, 6.07) is 7.39. The molecule has 2 fully saturated rings. The van der Waals surface area contributed by atoms with E-state index in [-0.39, 0.29) is 18.0 Å². The maximum atomic E-state index is 12.2. The number of nitrogens with zero attached hydrogens (tertiary/aromatic N) is 2. The van der Waals surface area contributed by atoms with Crippen molar-refractivity contribution in [2.24, 2.45) is 0 Å². The van der Waals surface area contributed by atoms with Crippen molar-refractivity contribution >= 4 is 17.6 Å². The van der Waals surface area contributed by atoms with Gasteiger partial charge < -0.3 is 15.0 Å². The molecular formula is C16H22N4O3. The first-order valence-electron chi connectivity index (χ1n) is 7.89. The standard InChI is InChI=1S/C16H22N4O3/c1-12-2-4-14(5-3-12)20-11-13(10-15(20)21)17-16(22)18-19-6-8-23-9-7-19/h2-5,13H,6-11H2,1H3,(H2,17,18,22)/t13-/m1/s1. The number of benzene rings is 1. The fourth-order valence-corrected chi connectivity index (χ4v) is 2.81. The number of aryl methyl sites for hydroxylation is 1. The fraction of sp³-hybridized carbons (Fsp3) is 0.500. The predicted molar refractivity (Wildman–Crippen MR) is 86.0 cm³/mol. The van der Waals surface area contributed by atoms with Crippen molar-refractivity contribution in [3.63, 3.8) is 0 Å². The van der Waals surface area contributed by atoms with Crippen LogP contribution in [0.2, 0.25) is 0 Å². The van der Waals surface area contributed by atoms with Gasteiger partial charge in [-0.05, 0) is 19.1 Å². The maximum absolute atomic E-state index is 12.2. The number of carbonyl (C=O) groups excluding carboxylic acids is 2. The van der Waals surface area contributed by atoms with Gasteiger partial charge in [0.2, 0.25) is 5.91 Å². The van der Waals surface area contributed by atoms with Crippen LogP contribution >= 0.6 is 0 Å². The molecule has 23 heavy (non-hydrogen) atoms. The highest BCUT2D eigenvalue weighted by molar-refractivity contribution is 5.96. The first-order valence-corrected chi connectivity index (χ1v) is 7.89. The number of amides is 3. The number of hydrazine groups is 1. The molecule has 1 aromatic carbocycles. The molecule has 0 saturated carbocycles. The number of rotatable bonds is 3. The van der Waals surface area contributed by atoms with Crippen LogP contribution in [0.15, 0.2) is 24.3 Å². The molecular weight excluding hydrogens is 296 g/mol. The average Bonchev–Trinajstić information content (AvgIpc) is 2.89. The predicted octanol–water partition coefficient (Wildman–Crippen LogP) is 0.647. The molecule has 1 aromatic rings. The summed E-state index contributed by atoms with van der Waals surface area (Å²) in [6.07, 6.45) is 0.324. The van der Waals surface area contributed by atoms with E-state index in [4.69, 9.17) is 4.74 Å². The normalized spacial score (nSPS) is 22.2. The van der Waals surface area contributed by atoms with E-state index in [1.165, 1.54) is 0 Å². The third-order valence-corrected chi connectivity index (χ3v) is 4.08. The number of urea groups is 1. The molecule has 0 unspecified atom stereocenters. The molecule has 1 atom stereocenters. The molecule has 3 rings (SSSR count). The molecule has 2 N–H and O–H groups in total. The van der Waals surface area contributed by atoms with E-state index in [0.717, 1.165) is 11.3 Å². The lowest BCUT2D eigenvalue weighted by atomic mass is 10.2. The zero-order valence-electron chi connectivity index (χ0n) is 13.2. The van der Waals surface area contributed by atoms with Crippen LogP contribution < -0.4 is 15.6 Å². The maximum Gasteiger partial charge on any atom is 0.329 e. The lowest BCUT2D eigenvalue weighted by Gasteiger charge is -2.27. The van der Waals surface area contributed by atoms with E-state index < -0.39 is 0 Å². The van der Waals surface area contributed by atoms with E-state index in [1.54, 1.807) is 4.90 Å². The second-order valence-corrected chi connectivity index (χ2v) is 5.93. The van der Waals surface area contributed by atoms with Gasteiger partial charge in [-0.2, -0.15) is 0 Å². The highest BCUT2D eigenvalue weighted by atomic mass is 16.5. The van der Waals surface area contributed by atoms with E-state index in [1.807, 2.05) is 36.2 Å². The summed E-state index contributed by atoms with van der Waals surface area (Å²) in [4.78, 5) is 25.9. The average molecular weight is 318 g/mol. The van der Waals surface area contributed by atoms with Crippen LogP contribution in [0.4, 0.5) is 10.5 Å². The number of anilines is 1. The summed E-state index contributed by atoms with van der Waals surface area (Å²) in [7, 11) is 0. The summed E-state index contributed by atoms with van der Waals surface area (Å²) < 4.78 is 5.24. The van der Waals surface area contributed by atoms with E-state index >= 15 is 0 Å². The first-order chi connectivity index (χ1) is 11.1. The number of nitrogens with one attached hydrogen (secondary N) is 2. The summed E-state index contributed by atoms with van der Waals surface area (Å²) in [5.41, 5.74) is 4.82. The van der Waals surface area contributed by atoms with Crippen LogP contribution in [0.5, 0.6) is 0 Å². The second-order valence-electron chi connectivity index (χ2n) is 5.93. The molecule has 7 nitrogen and oxygen atoms in total. The van der Waals surface area contributed by atoms with Crippen molar-refractivity contribution in [3.8, 4) is 0 Å². The van der Waals surface area contributed by atoms with Crippen molar-refractivity contribution in [2.45, 2.75) is 19.4 Å². The van der Waals surface area contributed by atoms with E-state index in [2.05, 4.69) is 10.7 Å². The molecule has 0 bridgehead atoms. The lowest BCUT2D eigenvalue weighted by Crippen LogP contribution is -2.53. The van der Waals surface area contributed by atoms with Crippen LogP contribution in [0.1, 0.15) is 12.0 Å². The lowest BCUT2D eigenvalue weighted by molar-refractivity contribution is -0.117. The Morgan fingerprint density at radius 2 is 1.91 bits per heavy atom. The van der Waals surface area contributed by atoms with Crippen LogP contribution in [0.25, 0.3) is 0 Å². The Bertz CT molecular complexity index is 569. The molecule has 0 spiro atoms. The first kappa shape index (κ1) is 15.8. The quantitative estimate of drug-likeness (QED) is 0.858. The number of carbonyl (C=O) groups is 2.